The molecule has 1 N–H and O–H groups in total. The van der Waals surface area contributed by atoms with Crippen molar-refractivity contribution in [3.63, 3.8) is 0 Å². The number of alkyl halides is 3. The fourth-order valence-corrected chi connectivity index (χ4v) is 5.13. The van der Waals surface area contributed by atoms with Crippen LogP contribution in [0.1, 0.15) is 10.5 Å². The Hall–Kier alpha value is -3.05. The van der Waals surface area contributed by atoms with Gasteiger partial charge in [0, 0.05) is 11.8 Å². The van der Waals surface area contributed by atoms with Gasteiger partial charge < -0.3 is 5.32 Å². The second kappa shape index (κ2) is 10.6. The summed E-state index contributed by atoms with van der Waals surface area (Å²) >= 11 is 19.3. The van der Waals surface area contributed by atoms with Crippen LogP contribution < -0.4 is 5.32 Å². The lowest BCUT2D eigenvalue weighted by atomic mass is 10.0. The summed E-state index contributed by atoms with van der Waals surface area (Å²) in [5, 5.41) is 6.51. The maximum absolute atomic E-state index is 12.6. The number of carbonyl (C=O) groups excluding carboxylic acids is 1. The number of para-hydroxylation sites is 1. The largest absolute Gasteiger partial charge is 0.405 e. The number of aromatic nitrogens is 2. The van der Waals surface area contributed by atoms with E-state index in [1.54, 1.807) is 41.7 Å². The van der Waals surface area contributed by atoms with Gasteiger partial charge in [-0.25, -0.2) is 13.1 Å². The van der Waals surface area contributed by atoms with Crippen LogP contribution in [0.15, 0.2) is 71.6 Å². The van der Waals surface area contributed by atoms with E-state index in [1.807, 2.05) is 0 Å². The average Bonchev–Trinajstić information content (AvgIpc) is 3.26. The van der Waals surface area contributed by atoms with Crippen LogP contribution in [-0.2, 0) is 9.84 Å². The molecular weight excluding hydrogens is 586 g/mol. The SMILES string of the molecule is CS(=O)(=O)c1cccc(-c2ccc(-c3cc(C(=O)NCC(F)(F)F)nn3-c3c(Cl)cccc3Cl)c(Cl)c2)c1. The van der Waals surface area contributed by atoms with Crippen molar-refractivity contribution in [3.05, 3.63) is 87.5 Å². The van der Waals surface area contributed by atoms with E-state index in [2.05, 4.69) is 5.10 Å². The van der Waals surface area contributed by atoms with Gasteiger partial charge in [-0.05, 0) is 47.5 Å². The van der Waals surface area contributed by atoms with Gasteiger partial charge in [0.05, 0.1) is 25.7 Å². The van der Waals surface area contributed by atoms with Crippen LogP contribution in [-0.4, -0.2) is 43.1 Å². The molecule has 0 spiro atoms. The number of amides is 1. The minimum absolute atomic E-state index is 0.135. The topological polar surface area (TPSA) is 81.1 Å². The second-order valence-electron chi connectivity index (χ2n) is 8.19. The first-order valence-electron chi connectivity index (χ1n) is 10.7. The van der Waals surface area contributed by atoms with Gasteiger partial charge >= 0.3 is 6.18 Å². The third-order valence-corrected chi connectivity index (χ3v) is 7.41. The van der Waals surface area contributed by atoms with Crippen molar-refractivity contribution in [2.24, 2.45) is 0 Å². The number of rotatable bonds is 6. The quantitative estimate of drug-likeness (QED) is 0.261. The van der Waals surface area contributed by atoms with Gasteiger partial charge in [0.1, 0.15) is 12.2 Å². The van der Waals surface area contributed by atoms with Crippen molar-refractivity contribution in [1.29, 1.82) is 0 Å². The lowest BCUT2D eigenvalue weighted by Gasteiger charge is -2.13. The van der Waals surface area contributed by atoms with E-state index in [1.165, 1.54) is 35.0 Å². The Bertz CT molecular complexity index is 1630. The number of benzene rings is 3. The molecule has 0 bridgehead atoms. The zero-order valence-electron chi connectivity index (χ0n) is 19.4. The highest BCUT2D eigenvalue weighted by molar-refractivity contribution is 7.90. The molecule has 3 aromatic carbocycles. The van der Waals surface area contributed by atoms with Gasteiger partial charge in [-0.2, -0.15) is 18.3 Å². The molecule has 0 saturated carbocycles. The first-order valence-corrected chi connectivity index (χ1v) is 13.8. The van der Waals surface area contributed by atoms with Crippen molar-refractivity contribution < 1.29 is 26.4 Å². The van der Waals surface area contributed by atoms with Crippen molar-refractivity contribution in [2.75, 3.05) is 12.8 Å². The summed E-state index contributed by atoms with van der Waals surface area (Å²) < 4.78 is 63.1. The molecule has 0 saturated heterocycles. The molecule has 0 radical (unpaired) electrons. The Morgan fingerprint density at radius 2 is 1.55 bits per heavy atom. The molecule has 1 heterocycles. The van der Waals surface area contributed by atoms with E-state index < -0.39 is 28.5 Å². The fraction of sp³-hybridized carbons (Fsp3) is 0.120. The third kappa shape index (κ3) is 6.15. The molecule has 0 aliphatic heterocycles. The predicted molar refractivity (Wildman–Crippen MR) is 141 cm³/mol. The van der Waals surface area contributed by atoms with E-state index in [9.17, 15) is 26.4 Å². The first kappa shape index (κ1) is 28.0. The minimum Gasteiger partial charge on any atom is -0.342 e. The van der Waals surface area contributed by atoms with Crippen LogP contribution in [0, 0.1) is 0 Å². The summed E-state index contributed by atoms with van der Waals surface area (Å²) in [5.41, 5.74) is 1.68. The van der Waals surface area contributed by atoms with Crippen molar-refractivity contribution in [3.8, 4) is 28.1 Å². The molecule has 0 atom stereocenters. The van der Waals surface area contributed by atoms with Crippen LogP contribution in [0.3, 0.4) is 0 Å². The summed E-state index contributed by atoms with van der Waals surface area (Å²) in [6.45, 7) is -1.54. The molecule has 0 fully saturated rings. The molecular formula is C25H17Cl3F3N3O3S. The zero-order chi connectivity index (χ0) is 27.8. The Morgan fingerprint density at radius 1 is 0.921 bits per heavy atom. The molecule has 6 nitrogen and oxygen atoms in total. The van der Waals surface area contributed by atoms with Crippen LogP contribution in [0.2, 0.25) is 15.1 Å². The van der Waals surface area contributed by atoms with E-state index in [0.29, 0.717) is 16.7 Å². The lowest BCUT2D eigenvalue weighted by molar-refractivity contribution is -0.123. The molecule has 0 aliphatic rings. The molecule has 198 valence electrons. The first-order chi connectivity index (χ1) is 17.7. The minimum atomic E-state index is -4.61. The fourth-order valence-electron chi connectivity index (χ4n) is 3.63. The van der Waals surface area contributed by atoms with Crippen LogP contribution >= 0.6 is 34.8 Å². The van der Waals surface area contributed by atoms with E-state index in [-0.39, 0.29) is 37.0 Å². The Kier molecular flexibility index (Phi) is 7.81. The van der Waals surface area contributed by atoms with E-state index in [0.717, 1.165) is 6.26 Å². The Morgan fingerprint density at radius 3 is 2.16 bits per heavy atom. The van der Waals surface area contributed by atoms with Crippen molar-refractivity contribution in [1.82, 2.24) is 15.1 Å². The highest BCUT2D eigenvalue weighted by atomic mass is 35.5. The summed E-state index contributed by atoms with van der Waals surface area (Å²) in [5.74, 6) is -1.06. The maximum atomic E-state index is 12.6. The predicted octanol–water partition coefficient (Wildman–Crippen LogP) is 6.86. The smallest absolute Gasteiger partial charge is 0.342 e. The summed E-state index contributed by atoms with van der Waals surface area (Å²) in [6, 6.07) is 17.1. The molecule has 4 rings (SSSR count). The second-order valence-corrected chi connectivity index (χ2v) is 11.4. The summed E-state index contributed by atoms with van der Waals surface area (Å²) in [7, 11) is -3.44. The van der Waals surface area contributed by atoms with Gasteiger partial charge in [-0.3, -0.25) is 4.79 Å². The van der Waals surface area contributed by atoms with Crippen LogP contribution in [0.25, 0.3) is 28.1 Å². The van der Waals surface area contributed by atoms with Gasteiger partial charge in [-0.15, -0.1) is 0 Å². The standard InChI is InChI=1S/C25H17Cl3F3N3O3S/c1-38(36,37)16-5-2-4-14(10-16)15-8-9-17(20(28)11-15)22-12-21(24(35)32-13-25(29,30)31)33-34(22)23-18(26)6-3-7-19(23)27/h2-12H,13H2,1H3,(H,32,35). The van der Waals surface area contributed by atoms with Gasteiger partial charge in [0.25, 0.3) is 5.91 Å². The summed E-state index contributed by atoms with van der Waals surface area (Å²) in [4.78, 5) is 12.6. The summed E-state index contributed by atoms with van der Waals surface area (Å²) in [6.07, 6.45) is -3.51. The number of nitrogens with zero attached hydrogens (tertiary/aromatic N) is 2. The number of nitrogens with one attached hydrogen (secondary N) is 1. The number of halogens is 6. The molecule has 4 aromatic rings. The highest BCUT2D eigenvalue weighted by Crippen LogP contribution is 2.37. The van der Waals surface area contributed by atoms with E-state index in [4.69, 9.17) is 34.8 Å². The molecule has 1 aromatic heterocycles. The monoisotopic (exact) mass is 601 g/mol. The number of hydrogen-bond donors (Lipinski definition) is 1. The Labute approximate surface area is 230 Å². The molecule has 0 aliphatic carbocycles. The highest BCUT2D eigenvalue weighted by Gasteiger charge is 2.29. The molecule has 13 heteroatoms. The average molecular weight is 603 g/mol. The van der Waals surface area contributed by atoms with E-state index >= 15 is 0 Å². The third-order valence-electron chi connectivity index (χ3n) is 5.38. The molecule has 0 unspecified atom stereocenters. The lowest BCUT2D eigenvalue weighted by Crippen LogP contribution is -2.34. The van der Waals surface area contributed by atoms with Gasteiger partial charge in [0.2, 0.25) is 0 Å². The van der Waals surface area contributed by atoms with Crippen molar-refractivity contribution in [2.45, 2.75) is 11.1 Å². The number of hydrogen-bond acceptors (Lipinski definition) is 4. The van der Waals surface area contributed by atoms with Gasteiger partial charge in [-0.1, -0.05) is 65.1 Å². The van der Waals surface area contributed by atoms with Crippen molar-refractivity contribution >= 4 is 50.5 Å². The number of sulfone groups is 1. The van der Waals surface area contributed by atoms with Gasteiger partial charge in [0.15, 0.2) is 15.5 Å². The zero-order valence-corrected chi connectivity index (χ0v) is 22.4. The number of carbonyl (C=O) groups is 1. The molecule has 38 heavy (non-hydrogen) atoms. The maximum Gasteiger partial charge on any atom is 0.405 e. The van der Waals surface area contributed by atoms with Crippen LogP contribution in [0.5, 0.6) is 0 Å². The van der Waals surface area contributed by atoms with Crippen LogP contribution in [0.4, 0.5) is 13.2 Å². The normalized spacial score (nSPS) is 12.0. The Balaban J connectivity index is 1.83. The molecule has 1 amide bonds.